The molecule has 0 unspecified atom stereocenters. The molecular weight excluding hydrogens is 363 g/mol. The van der Waals surface area contributed by atoms with Crippen LogP contribution in [0.4, 0.5) is 10.5 Å². The number of rotatable bonds is 3. The zero-order valence-corrected chi connectivity index (χ0v) is 15.1. The number of hydrogen-bond acceptors (Lipinski definition) is 3. The quantitative estimate of drug-likeness (QED) is 0.649. The molecule has 0 atom stereocenters. The minimum absolute atomic E-state index is 0.266. The van der Waals surface area contributed by atoms with Crippen molar-refractivity contribution in [3.8, 4) is 0 Å². The van der Waals surface area contributed by atoms with E-state index in [2.05, 4.69) is 15.6 Å². The predicted octanol–water partition coefficient (Wildman–Crippen LogP) is 3.74. The van der Waals surface area contributed by atoms with Crippen molar-refractivity contribution < 1.29 is 4.79 Å². The fraction of sp³-hybridized carbons (Fsp3) is 0.176. The van der Waals surface area contributed by atoms with E-state index in [-0.39, 0.29) is 5.02 Å². The maximum atomic E-state index is 12.6. The lowest BCUT2D eigenvalue weighted by Crippen LogP contribution is -2.29. The molecule has 0 spiro atoms. The Morgan fingerprint density at radius 3 is 2.60 bits per heavy atom. The highest BCUT2D eigenvalue weighted by Gasteiger charge is 2.16. The summed E-state index contributed by atoms with van der Waals surface area (Å²) >= 11 is 12.0. The second-order valence-corrected chi connectivity index (χ2v) is 6.47. The van der Waals surface area contributed by atoms with E-state index in [4.69, 9.17) is 23.2 Å². The van der Waals surface area contributed by atoms with Crippen LogP contribution in [0.1, 0.15) is 11.1 Å². The number of benzene rings is 2. The second-order valence-electron chi connectivity index (χ2n) is 5.65. The van der Waals surface area contributed by atoms with Gasteiger partial charge in [-0.05, 0) is 49.4 Å². The Labute approximate surface area is 153 Å². The van der Waals surface area contributed by atoms with Gasteiger partial charge in [0.05, 0.1) is 21.1 Å². The summed E-state index contributed by atoms with van der Waals surface area (Å²) in [4.78, 5) is 27.3. The predicted molar refractivity (Wildman–Crippen MR) is 101 cm³/mol. The third kappa shape index (κ3) is 3.42. The zero-order valence-electron chi connectivity index (χ0n) is 13.6. The molecule has 1 aromatic heterocycles. The first-order valence-corrected chi connectivity index (χ1v) is 8.31. The summed E-state index contributed by atoms with van der Waals surface area (Å²) < 4.78 is 0.994. The fourth-order valence-electron chi connectivity index (χ4n) is 2.65. The molecule has 0 aliphatic carbocycles. The van der Waals surface area contributed by atoms with Gasteiger partial charge in [-0.25, -0.2) is 14.2 Å². The highest BCUT2D eigenvalue weighted by Crippen LogP contribution is 2.26. The molecule has 0 saturated heterocycles. The maximum absolute atomic E-state index is 12.6. The molecule has 0 saturated carbocycles. The summed E-state index contributed by atoms with van der Waals surface area (Å²) in [6.07, 6.45) is 0. The molecule has 3 rings (SSSR count). The monoisotopic (exact) mass is 378 g/mol. The van der Waals surface area contributed by atoms with Gasteiger partial charge in [0.1, 0.15) is 0 Å². The minimum Gasteiger partial charge on any atom is -0.316 e. The maximum Gasteiger partial charge on any atom is 0.334 e. The Kier molecular flexibility index (Phi) is 4.85. The zero-order chi connectivity index (χ0) is 18.1. The first kappa shape index (κ1) is 17.5. The van der Waals surface area contributed by atoms with Crippen molar-refractivity contribution in [2.45, 2.75) is 13.5 Å². The molecule has 25 heavy (non-hydrogen) atoms. The number of nitrogens with zero attached hydrogens (tertiary/aromatic N) is 1. The van der Waals surface area contributed by atoms with Crippen LogP contribution in [0, 0.1) is 6.92 Å². The molecule has 0 radical (unpaired) electrons. The van der Waals surface area contributed by atoms with Crippen molar-refractivity contribution >= 4 is 46.0 Å². The van der Waals surface area contributed by atoms with E-state index < -0.39 is 11.7 Å². The number of aromatic amines is 1. The van der Waals surface area contributed by atoms with Crippen molar-refractivity contribution in [3.05, 3.63) is 62.0 Å². The Morgan fingerprint density at radius 1 is 1.20 bits per heavy atom. The van der Waals surface area contributed by atoms with Gasteiger partial charge in [-0.3, -0.25) is 0 Å². The molecular formula is C17H16Cl2N4O2. The average molecular weight is 379 g/mol. The van der Waals surface area contributed by atoms with Gasteiger partial charge in [-0.2, -0.15) is 0 Å². The molecule has 0 aliphatic rings. The lowest BCUT2D eigenvalue weighted by Gasteiger charge is -2.10. The first-order chi connectivity index (χ1) is 11.9. The molecule has 3 aromatic rings. The highest BCUT2D eigenvalue weighted by atomic mass is 35.5. The molecule has 130 valence electrons. The number of amides is 1. The normalized spacial score (nSPS) is 11.0. The molecule has 1 heterocycles. The number of anilines is 1. The SMILES string of the molecule is CNCc1ccc(NC(=O)n2c(=O)[nH]c3cc(Cl)c(Cl)cc32)cc1C. The van der Waals surface area contributed by atoms with Crippen LogP contribution in [-0.2, 0) is 6.54 Å². The summed E-state index contributed by atoms with van der Waals surface area (Å²) in [7, 11) is 1.87. The molecule has 8 heteroatoms. The van der Waals surface area contributed by atoms with Crippen molar-refractivity contribution in [1.82, 2.24) is 14.9 Å². The molecule has 1 amide bonds. The summed E-state index contributed by atoms with van der Waals surface area (Å²) in [5, 5.41) is 6.38. The lowest BCUT2D eigenvalue weighted by atomic mass is 10.1. The van der Waals surface area contributed by atoms with E-state index in [1.807, 2.05) is 26.1 Å². The number of fused-ring (bicyclic) bond motifs is 1. The van der Waals surface area contributed by atoms with Crippen LogP contribution in [0.15, 0.2) is 35.1 Å². The van der Waals surface area contributed by atoms with Crippen molar-refractivity contribution in [2.24, 2.45) is 0 Å². The highest BCUT2D eigenvalue weighted by molar-refractivity contribution is 6.42. The van der Waals surface area contributed by atoms with Crippen LogP contribution in [-0.4, -0.2) is 22.6 Å². The van der Waals surface area contributed by atoms with Crippen molar-refractivity contribution in [2.75, 3.05) is 12.4 Å². The summed E-state index contributed by atoms with van der Waals surface area (Å²) in [5.41, 5.74) is 3.01. The Bertz CT molecular complexity index is 1020. The third-order valence-corrected chi connectivity index (χ3v) is 4.61. The topological polar surface area (TPSA) is 78.9 Å². The number of halogens is 2. The van der Waals surface area contributed by atoms with Gasteiger partial charge in [0.25, 0.3) is 0 Å². The summed E-state index contributed by atoms with van der Waals surface area (Å²) in [5.74, 6) is 0. The first-order valence-electron chi connectivity index (χ1n) is 7.56. The van der Waals surface area contributed by atoms with Crippen LogP contribution in [0.2, 0.25) is 10.0 Å². The number of carbonyl (C=O) groups excluding carboxylic acids is 1. The molecule has 3 N–H and O–H groups in total. The molecule has 0 bridgehead atoms. The van der Waals surface area contributed by atoms with Crippen LogP contribution in [0.5, 0.6) is 0 Å². The molecule has 0 aliphatic heterocycles. The Hall–Kier alpha value is -2.28. The standard InChI is InChI=1S/C17H16Cl2N4O2/c1-9-5-11(4-3-10(9)8-20-2)21-16(24)23-15-7-13(19)12(18)6-14(15)22-17(23)25/h3-7,20H,8H2,1-2H3,(H,21,24)(H,22,25). The largest absolute Gasteiger partial charge is 0.334 e. The van der Waals surface area contributed by atoms with Crippen LogP contribution >= 0.6 is 23.2 Å². The van der Waals surface area contributed by atoms with Gasteiger partial charge in [0, 0.05) is 12.2 Å². The molecule has 6 nitrogen and oxygen atoms in total. The van der Waals surface area contributed by atoms with E-state index in [0.29, 0.717) is 21.7 Å². The third-order valence-electron chi connectivity index (χ3n) is 3.89. The van der Waals surface area contributed by atoms with Gasteiger partial charge >= 0.3 is 11.7 Å². The molecule has 0 fully saturated rings. The smallest absolute Gasteiger partial charge is 0.316 e. The number of aryl methyl sites for hydroxylation is 1. The number of imidazole rings is 1. The van der Waals surface area contributed by atoms with Crippen LogP contribution in [0.3, 0.4) is 0 Å². The van der Waals surface area contributed by atoms with Crippen molar-refractivity contribution in [1.29, 1.82) is 0 Å². The van der Waals surface area contributed by atoms with E-state index in [1.165, 1.54) is 12.1 Å². The number of hydrogen-bond donors (Lipinski definition) is 3. The van der Waals surface area contributed by atoms with Crippen molar-refractivity contribution in [3.63, 3.8) is 0 Å². The van der Waals surface area contributed by atoms with Gasteiger partial charge in [0.2, 0.25) is 0 Å². The summed E-state index contributed by atoms with van der Waals surface area (Å²) in [6.45, 7) is 2.70. The van der Waals surface area contributed by atoms with Gasteiger partial charge in [-0.1, -0.05) is 29.3 Å². The van der Waals surface area contributed by atoms with Crippen LogP contribution in [0.25, 0.3) is 11.0 Å². The lowest BCUT2D eigenvalue weighted by molar-refractivity contribution is 0.253. The van der Waals surface area contributed by atoms with E-state index in [9.17, 15) is 9.59 Å². The average Bonchev–Trinajstić information content (AvgIpc) is 2.85. The Balaban J connectivity index is 1.95. The number of aromatic nitrogens is 2. The second kappa shape index (κ2) is 6.92. The molecule has 2 aromatic carbocycles. The number of carbonyl (C=O) groups is 1. The fourth-order valence-corrected chi connectivity index (χ4v) is 2.97. The van der Waals surface area contributed by atoms with E-state index in [1.54, 1.807) is 6.07 Å². The Morgan fingerprint density at radius 2 is 1.92 bits per heavy atom. The van der Waals surface area contributed by atoms with Gasteiger partial charge < -0.3 is 15.6 Å². The minimum atomic E-state index is -0.574. The van der Waals surface area contributed by atoms with E-state index >= 15 is 0 Å². The van der Waals surface area contributed by atoms with E-state index in [0.717, 1.165) is 22.2 Å². The van der Waals surface area contributed by atoms with Gasteiger partial charge in [0.15, 0.2) is 0 Å². The number of nitrogens with one attached hydrogen (secondary N) is 3. The van der Waals surface area contributed by atoms with Gasteiger partial charge in [-0.15, -0.1) is 0 Å². The number of H-pyrrole nitrogens is 1. The van der Waals surface area contributed by atoms with Crippen LogP contribution < -0.4 is 16.3 Å². The summed E-state index contributed by atoms with van der Waals surface area (Å²) in [6, 6.07) is 8.00.